The van der Waals surface area contributed by atoms with Crippen LogP contribution in [0.2, 0.25) is 5.02 Å². The Hall–Kier alpha value is -2.45. The highest BCUT2D eigenvalue weighted by molar-refractivity contribution is 7.92. The second-order valence-corrected chi connectivity index (χ2v) is 7.13. The van der Waals surface area contributed by atoms with Crippen molar-refractivity contribution in [1.82, 2.24) is 0 Å². The molecule has 2 rings (SSSR count). The number of carbonyl (C=O) groups is 1. The first-order chi connectivity index (χ1) is 12.3. The standard InChI is InChI=1S/C17H18ClNO6S/c1-4-25-17(20)13-7-5-11(9-14(13)18)19-26(21,22)12-6-8-15(23-2)16(10-12)24-3/h5-10,19H,4H2,1-3H3. The summed E-state index contributed by atoms with van der Waals surface area (Å²) in [7, 11) is -1.02. The van der Waals surface area contributed by atoms with Crippen LogP contribution in [0.15, 0.2) is 41.3 Å². The summed E-state index contributed by atoms with van der Waals surface area (Å²) in [6.45, 7) is 1.89. The average Bonchev–Trinajstić information content (AvgIpc) is 2.60. The lowest BCUT2D eigenvalue weighted by Gasteiger charge is -2.12. The highest BCUT2D eigenvalue weighted by Gasteiger charge is 2.19. The summed E-state index contributed by atoms with van der Waals surface area (Å²) in [5, 5.41) is 0.0796. The Labute approximate surface area is 156 Å². The largest absolute Gasteiger partial charge is 0.493 e. The average molecular weight is 400 g/mol. The third-order valence-electron chi connectivity index (χ3n) is 3.38. The van der Waals surface area contributed by atoms with Crippen molar-refractivity contribution >= 4 is 33.3 Å². The van der Waals surface area contributed by atoms with E-state index in [9.17, 15) is 13.2 Å². The molecule has 0 saturated heterocycles. The van der Waals surface area contributed by atoms with Gasteiger partial charge in [0.2, 0.25) is 0 Å². The highest BCUT2D eigenvalue weighted by Crippen LogP contribution is 2.30. The van der Waals surface area contributed by atoms with Gasteiger partial charge in [-0.2, -0.15) is 0 Å². The zero-order chi connectivity index (χ0) is 19.3. The van der Waals surface area contributed by atoms with Crippen LogP contribution in [0.5, 0.6) is 11.5 Å². The molecule has 0 aliphatic rings. The number of sulfonamides is 1. The third-order valence-corrected chi connectivity index (χ3v) is 5.07. The number of esters is 1. The zero-order valence-electron chi connectivity index (χ0n) is 14.4. The fraction of sp³-hybridized carbons (Fsp3) is 0.235. The third kappa shape index (κ3) is 4.39. The topological polar surface area (TPSA) is 90.9 Å². The first-order valence-corrected chi connectivity index (χ1v) is 9.40. The molecule has 9 heteroatoms. The summed E-state index contributed by atoms with van der Waals surface area (Å²) in [5.41, 5.74) is 0.361. The molecule has 0 aliphatic carbocycles. The summed E-state index contributed by atoms with van der Waals surface area (Å²) in [5.74, 6) is 0.117. The van der Waals surface area contributed by atoms with Gasteiger partial charge in [-0.3, -0.25) is 4.72 Å². The van der Waals surface area contributed by atoms with Crippen LogP contribution in [-0.2, 0) is 14.8 Å². The maximum atomic E-state index is 12.6. The van der Waals surface area contributed by atoms with Crippen LogP contribution in [0, 0.1) is 0 Å². The molecular weight excluding hydrogens is 382 g/mol. The van der Waals surface area contributed by atoms with Crippen LogP contribution in [0.4, 0.5) is 5.69 Å². The molecule has 0 unspecified atom stereocenters. The SMILES string of the molecule is CCOC(=O)c1ccc(NS(=O)(=O)c2ccc(OC)c(OC)c2)cc1Cl. The van der Waals surface area contributed by atoms with Gasteiger partial charge in [-0.25, -0.2) is 13.2 Å². The summed E-state index contributed by atoms with van der Waals surface area (Å²) in [6.07, 6.45) is 0. The second kappa shape index (κ2) is 8.29. The van der Waals surface area contributed by atoms with Crippen LogP contribution >= 0.6 is 11.6 Å². The Morgan fingerprint density at radius 3 is 2.35 bits per heavy atom. The van der Waals surface area contributed by atoms with Gasteiger partial charge in [-0.15, -0.1) is 0 Å². The molecule has 0 aromatic heterocycles. The lowest BCUT2D eigenvalue weighted by Crippen LogP contribution is -2.13. The van der Waals surface area contributed by atoms with Crippen molar-refractivity contribution in [2.24, 2.45) is 0 Å². The van der Waals surface area contributed by atoms with Crippen LogP contribution in [0.25, 0.3) is 0 Å². The molecule has 26 heavy (non-hydrogen) atoms. The van der Waals surface area contributed by atoms with Crippen molar-refractivity contribution in [1.29, 1.82) is 0 Å². The molecule has 0 fully saturated rings. The Morgan fingerprint density at radius 2 is 1.77 bits per heavy atom. The van der Waals surface area contributed by atoms with Crippen molar-refractivity contribution in [3.8, 4) is 11.5 Å². The van der Waals surface area contributed by atoms with E-state index in [4.69, 9.17) is 25.8 Å². The molecule has 0 amide bonds. The number of benzene rings is 2. The molecule has 0 saturated carbocycles. The van der Waals surface area contributed by atoms with Gasteiger partial charge in [0.15, 0.2) is 11.5 Å². The van der Waals surface area contributed by atoms with Crippen LogP contribution < -0.4 is 14.2 Å². The van der Waals surface area contributed by atoms with Crippen LogP contribution in [0.1, 0.15) is 17.3 Å². The molecule has 0 spiro atoms. The van der Waals surface area contributed by atoms with Gasteiger partial charge >= 0.3 is 5.97 Å². The predicted octanol–water partition coefficient (Wildman–Crippen LogP) is 3.33. The predicted molar refractivity (Wildman–Crippen MR) is 97.8 cm³/mol. The van der Waals surface area contributed by atoms with E-state index < -0.39 is 16.0 Å². The Balaban J connectivity index is 2.29. The van der Waals surface area contributed by atoms with E-state index in [0.717, 1.165) is 0 Å². The fourth-order valence-electron chi connectivity index (χ4n) is 2.15. The van der Waals surface area contributed by atoms with E-state index in [1.165, 1.54) is 50.6 Å². The highest BCUT2D eigenvalue weighted by atomic mass is 35.5. The number of halogens is 1. The Bertz CT molecular complexity index is 913. The number of carbonyl (C=O) groups excluding carboxylic acids is 1. The number of hydrogen-bond donors (Lipinski definition) is 1. The summed E-state index contributed by atoms with van der Waals surface area (Å²) < 4.78 is 42.6. The molecule has 0 atom stereocenters. The smallest absolute Gasteiger partial charge is 0.339 e. The molecule has 2 aromatic carbocycles. The molecule has 1 N–H and O–H groups in total. The normalized spacial score (nSPS) is 10.9. The van der Waals surface area contributed by atoms with Crippen LogP contribution in [0.3, 0.4) is 0 Å². The molecule has 2 aromatic rings. The van der Waals surface area contributed by atoms with E-state index in [-0.39, 0.29) is 33.5 Å². The quantitative estimate of drug-likeness (QED) is 0.718. The van der Waals surface area contributed by atoms with Crippen LogP contribution in [-0.4, -0.2) is 35.2 Å². The van der Waals surface area contributed by atoms with Crippen molar-refractivity contribution in [3.05, 3.63) is 47.0 Å². The van der Waals surface area contributed by atoms with Gasteiger partial charge in [-0.05, 0) is 37.3 Å². The van der Waals surface area contributed by atoms with Gasteiger partial charge in [0.1, 0.15) is 0 Å². The number of anilines is 1. The van der Waals surface area contributed by atoms with Gasteiger partial charge in [0.25, 0.3) is 10.0 Å². The Kier molecular flexibility index (Phi) is 6.33. The minimum absolute atomic E-state index is 0.0132. The van der Waals surface area contributed by atoms with E-state index in [2.05, 4.69) is 4.72 Å². The van der Waals surface area contributed by atoms with E-state index in [1.807, 2.05) is 0 Å². The number of methoxy groups -OCH3 is 2. The Morgan fingerprint density at radius 1 is 1.08 bits per heavy atom. The molecule has 0 heterocycles. The van der Waals surface area contributed by atoms with Crippen molar-refractivity contribution in [2.45, 2.75) is 11.8 Å². The summed E-state index contributed by atoms with van der Waals surface area (Å²) in [4.78, 5) is 11.7. The molecule has 140 valence electrons. The first kappa shape index (κ1) is 19.9. The molecular formula is C17H18ClNO6S. The lowest BCUT2D eigenvalue weighted by molar-refractivity contribution is 0.0526. The van der Waals surface area contributed by atoms with Gasteiger partial charge in [-0.1, -0.05) is 11.6 Å². The second-order valence-electron chi connectivity index (χ2n) is 5.04. The zero-order valence-corrected chi connectivity index (χ0v) is 16.0. The molecule has 0 aliphatic heterocycles. The fourth-order valence-corrected chi connectivity index (χ4v) is 3.47. The maximum Gasteiger partial charge on any atom is 0.339 e. The van der Waals surface area contributed by atoms with E-state index >= 15 is 0 Å². The van der Waals surface area contributed by atoms with Crippen molar-refractivity contribution < 1.29 is 27.4 Å². The first-order valence-electron chi connectivity index (χ1n) is 7.54. The number of hydrogen-bond acceptors (Lipinski definition) is 6. The number of nitrogens with one attached hydrogen (secondary N) is 1. The molecule has 0 bridgehead atoms. The number of rotatable bonds is 7. The summed E-state index contributed by atoms with van der Waals surface area (Å²) in [6, 6.07) is 8.38. The minimum Gasteiger partial charge on any atom is -0.493 e. The van der Waals surface area contributed by atoms with Crippen molar-refractivity contribution in [3.63, 3.8) is 0 Å². The van der Waals surface area contributed by atoms with Gasteiger partial charge in [0.05, 0.1) is 42.0 Å². The monoisotopic (exact) mass is 399 g/mol. The van der Waals surface area contributed by atoms with Crippen molar-refractivity contribution in [2.75, 3.05) is 25.5 Å². The van der Waals surface area contributed by atoms with E-state index in [0.29, 0.717) is 5.75 Å². The van der Waals surface area contributed by atoms with Gasteiger partial charge in [0, 0.05) is 6.07 Å². The number of ether oxygens (including phenoxy) is 3. The lowest BCUT2D eigenvalue weighted by atomic mass is 10.2. The summed E-state index contributed by atoms with van der Waals surface area (Å²) >= 11 is 6.05. The van der Waals surface area contributed by atoms with Gasteiger partial charge < -0.3 is 14.2 Å². The molecule has 0 radical (unpaired) electrons. The van der Waals surface area contributed by atoms with E-state index in [1.54, 1.807) is 6.92 Å². The maximum absolute atomic E-state index is 12.6. The minimum atomic E-state index is -3.89. The molecule has 7 nitrogen and oxygen atoms in total.